The molecule has 1 aromatic rings. The van der Waals surface area contributed by atoms with Crippen LogP contribution in [-0.2, 0) is 6.42 Å². The van der Waals surface area contributed by atoms with Crippen molar-refractivity contribution in [2.75, 3.05) is 0 Å². The predicted octanol–water partition coefficient (Wildman–Crippen LogP) is 3.59. The summed E-state index contributed by atoms with van der Waals surface area (Å²) in [7, 11) is 0. The highest BCUT2D eigenvalue weighted by Gasteiger charge is 2.35. The van der Waals surface area contributed by atoms with E-state index in [4.69, 9.17) is 16.9 Å². The molecule has 5 heteroatoms. The van der Waals surface area contributed by atoms with E-state index in [1.165, 1.54) is 12.1 Å². The number of alkyl halides is 3. The standard InChI is InChI=1S/C15H11F3N2/c1-2-14(11-20,7-8-15(16,17)18)9-12-3-5-13(10-19)6-4-12/h1,3-6H,7-9H2. The zero-order valence-electron chi connectivity index (χ0n) is 10.5. The highest BCUT2D eigenvalue weighted by Crippen LogP contribution is 2.33. The molecule has 102 valence electrons. The number of nitrogens with zero attached hydrogens (tertiary/aromatic N) is 2. The van der Waals surface area contributed by atoms with Crippen molar-refractivity contribution >= 4 is 0 Å². The normalized spacial score (nSPS) is 13.6. The van der Waals surface area contributed by atoms with E-state index >= 15 is 0 Å². The van der Waals surface area contributed by atoms with Crippen LogP contribution in [0.15, 0.2) is 24.3 Å². The van der Waals surface area contributed by atoms with Crippen molar-refractivity contribution in [2.45, 2.75) is 25.4 Å². The Hall–Kier alpha value is -2.45. The van der Waals surface area contributed by atoms with E-state index in [-0.39, 0.29) is 6.42 Å². The lowest BCUT2D eigenvalue weighted by Crippen LogP contribution is -2.23. The second-order valence-corrected chi connectivity index (χ2v) is 4.44. The first kappa shape index (κ1) is 15.6. The molecule has 0 N–H and O–H groups in total. The maximum atomic E-state index is 12.3. The summed E-state index contributed by atoms with van der Waals surface area (Å²) in [5.41, 5.74) is -0.415. The second-order valence-electron chi connectivity index (χ2n) is 4.44. The van der Waals surface area contributed by atoms with Crippen LogP contribution < -0.4 is 0 Å². The van der Waals surface area contributed by atoms with Crippen LogP contribution in [0.5, 0.6) is 0 Å². The van der Waals surface area contributed by atoms with Crippen LogP contribution in [-0.4, -0.2) is 6.18 Å². The molecule has 0 fully saturated rings. The molecule has 0 heterocycles. The zero-order valence-corrected chi connectivity index (χ0v) is 10.5. The molecule has 1 rings (SSSR count). The Kier molecular flexibility index (Phi) is 4.78. The molecule has 1 aromatic carbocycles. The van der Waals surface area contributed by atoms with Gasteiger partial charge in [-0.25, -0.2) is 0 Å². The van der Waals surface area contributed by atoms with Gasteiger partial charge in [-0.15, -0.1) is 6.42 Å². The Labute approximate surface area is 115 Å². The van der Waals surface area contributed by atoms with Gasteiger partial charge in [0.25, 0.3) is 0 Å². The predicted molar refractivity (Wildman–Crippen MR) is 67.0 cm³/mol. The van der Waals surface area contributed by atoms with Gasteiger partial charge in [-0.3, -0.25) is 0 Å². The van der Waals surface area contributed by atoms with Crippen LogP contribution in [0.1, 0.15) is 24.0 Å². The molecule has 2 nitrogen and oxygen atoms in total. The second kappa shape index (κ2) is 6.13. The van der Waals surface area contributed by atoms with Crippen molar-refractivity contribution in [3.05, 3.63) is 35.4 Å². The Morgan fingerprint density at radius 1 is 1.05 bits per heavy atom. The summed E-state index contributed by atoms with van der Waals surface area (Å²) in [6.45, 7) is 0. The summed E-state index contributed by atoms with van der Waals surface area (Å²) in [6.07, 6.45) is -0.592. The van der Waals surface area contributed by atoms with E-state index < -0.39 is 24.4 Å². The number of halogens is 3. The summed E-state index contributed by atoms with van der Waals surface area (Å²) in [5, 5.41) is 17.8. The fourth-order valence-electron chi connectivity index (χ4n) is 1.74. The van der Waals surface area contributed by atoms with Crippen molar-refractivity contribution in [1.29, 1.82) is 10.5 Å². The minimum Gasteiger partial charge on any atom is -0.197 e. The Morgan fingerprint density at radius 3 is 2.05 bits per heavy atom. The average molecular weight is 276 g/mol. The van der Waals surface area contributed by atoms with Gasteiger partial charge in [0.15, 0.2) is 0 Å². The monoisotopic (exact) mass is 276 g/mol. The number of nitriles is 2. The quantitative estimate of drug-likeness (QED) is 0.789. The van der Waals surface area contributed by atoms with Gasteiger partial charge in [-0.1, -0.05) is 18.1 Å². The maximum Gasteiger partial charge on any atom is 0.389 e. The van der Waals surface area contributed by atoms with E-state index in [1.54, 1.807) is 12.1 Å². The molecule has 0 aliphatic heterocycles. The average Bonchev–Trinajstić information content (AvgIpc) is 2.43. The minimum absolute atomic E-state index is 0.0296. The van der Waals surface area contributed by atoms with Gasteiger partial charge in [-0.2, -0.15) is 23.7 Å². The summed E-state index contributed by atoms with van der Waals surface area (Å²) in [5.74, 6) is 2.19. The van der Waals surface area contributed by atoms with Crippen molar-refractivity contribution in [3.8, 4) is 24.5 Å². The molecule has 0 bridgehead atoms. The van der Waals surface area contributed by atoms with Crippen molar-refractivity contribution in [2.24, 2.45) is 5.41 Å². The van der Waals surface area contributed by atoms with Crippen LogP contribution in [0.25, 0.3) is 0 Å². The fraction of sp³-hybridized carbons (Fsp3) is 0.333. The number of hydrogen-bond acceptors (Lipinski definition) is 2. The van der Waals surface area contributed by atoms with E-state index in [2.05, 4.69) is 5.92 Å². The van der Waals surface area contributed by atoms with Gasteiger partial charge in [0, 0.05) is 12.8 Å². The molecule has 0 spiro atoms. The lowest BCUT2D eigenvalue weighted by atomic mass is 9.79. The van der Waals surface area contributed by atoms with Crippen LogP contribution >= 0.6 is 0 Å². The Bertz CT molecular complexity index is 566. The molecule has 0 aliphatic carbocycles. The fourth-order valence-corrected chi connectivity index (χ4v) is 1.74. The van der Waals surface area contributed by atoms with Gasteiger partial charge in [-0.05, 0) is 24.1 Å². The zero-order chi connectivity index (χ0) is 15.2. The largest absolute Gasteiger partial charge is 0.389 e. The van der Waals surface area contributed by atoms with Crippen molar-refractivity contribution in [3.63, 3.8) is 0 Å². The first-order valence-electron chi connectivity index (χ1n) is 5.79. The number of hydrogen-bond donors (Lipinski definition) is 0. The molecule has 0 radical (unpaired) electrons. The third-order valence-corrected chi connectivity index (χ3v) is 2.91. The van der Waals surface area contributed by atoms with E-state index in [9.17, 15) is 13.2 Å². The lowest BCUT2D eigenvalue weighted by molar-refractivity contribution is -0.138. The van der Waals surface area contributed by atoms with Crippen LogP contribution in [0.3, 0.4) is 0 Å². The smallest absolute Gasteiger partial charge is 0.197 e. The first-order valence-corrected chi connectivity index (χ1v) is 5.79. The van der Waals surface area contributed by atoms with Crippen molar-refractivity contribution < 1.29 is 13.2 Å². The molecule has 0 saturated heterocycles. The van der Waals surface area contributed by atoms with E-state index in [1.807, 2.05) is 12.1 Å². The Balaban J connectivity index is 2.89. The van der Waals surface area contributed by atoms with Gasteiger partial charge < -0.3 is 0 Å². The van der Waals surface area contributed by atoms with E-state index in [0.29, 0.717) is 11.1 Å². The number of rotatable bonds is 4. The van der Waals surface area contributed by atoms with Gasteiger partial charge in [0.1, 0.15) is 5.41 Å². The summed E-state index contributed by atoms with van der Waals surface area (Å²) in [4.78, 5) is 0. The number of terminal acetylenes is 1. The van der Waals surface area contributed by atoms with Crippen LogP contribution in [0, 0.1) is 40.4 Å². The summed E-state index contributed by atoms with van der Waals surface area (Å²) in [6, 6.07) is 10.0. The topological polar surface area (TPSA) is 47.6 Å². The highest BCUT2D eigenvalue weighted by molar-refractivity contribution is 5.34. The third-order valence-electron chi connectivity index (χ3n) is 2.91. The molecular formula is C15H11F3N2. The van der Waals surface area contributed by atoms with Crippen LogP contribution in [0.2, 0.25) is 0 Å². The number of benzene rings is 1. The van der Waals surface area contributed by atoms with Gasteiger partial charge in [0.05, 0.1) is 17.7 Å². The molecule has 1 atom stereocenters. The summed E-state index contributed by atoms with van der Waals surface area (Å²) >= 11 is 0. The van der Waals surface area contributed by atoms with Crippen molar-refractivity contribution in [1.82, 2.24) is 0 Å². The molecule has 0 saturated carbocycles. The molecular weight excluding hydrogens is 265 g/mol. The third kappa shape index (κ3) is 4.34. The molecule has 0 amide bonds. The molecule has 0 aliphatic rings. The van der Waals surface area contributed by atoms with E-state index in [0.717, 1.165) is 0 Å². The summed E-state index contributed by atoms with van der Waals surface area (Å²) < 4.78 is 36.8. The van der Waals surface area contributed by atoms with Crippen LogP contribution in [0.4, 0.5) is 13.2 Å². The Morgan fingerprint density at radius 2 is 1.65 bits per heavy atom. The molecule has 0 aromatic heterocycles. The maximum absolute atomic E-state index is 12.3. The lowest BCUT2D eigenvalue weighted by Gasteiger charge is -2.21. The minimum atomic E-state index is -4.34. The molecule has 1 unspecified atom stereocenters. The highest BCUT2D eigenvalue weighted by atomic mass is 19.4. The van der Waals surface area contributed by atoms with Gasteiger partial charge >= 0.3 is 6.18 Å². The molecule has 20 heavy (non-hydrogen) atoms. The van der Waals surface area contributed by atoms with Gasteiger partial charge in [0.2, 0.25) is 0 Å². The SMILES string of the molecule is C#CC(C#N)(CCC(F)(F)F)Cc1ccc(C#N)cc1. The first-order chi connectivity index (χ1) is 9.34.